The second-order valence-corrected chi connectivity index (χ2v) is 17.3. The molecule has 4 N–H and O–H groups in total. The van der Waals surface area contributed by atoms with Crippen molar-refractivity contribution in [1.82, 2.24) is 0 Å². The van der Waals surface area contributed by atoms with Crippen LogP contribution >= 0.6 is 0 Å². The zero-order valence-corrected chi connectivity index (χ0v) is 30.6. The molecule has 10 heteroatoms. The van der Waals surface area contributed by atoms with Gasteiger partial charge in [0.15, 0.2) is 0 Å². The number of hydrogen-bond acceptors (Lipinski definition) is 10. The quantitative estimate of drug-likeness (QED) is 0.234. The molecular weight excluding hydrogens is 664 g/mol. The minimum atomic E-state index is -2.03. The first-order chi connectivity index (χ1) is 24.9. The van der Waals surface area contributed by atoms with Crippen molar-refractivity contribution in [1.29, 1.82) is 0 Å². The summed E-state index contributed by atoms with van der Waals surface area (Å²) < 4.78 is 41.8. The van der Waals surface area contributed by atoms with Crippen LogP contribution in [0.25, 0.3) is 0 Å². The predicted octanol–water partition coefficient (Wildman–Crippen LogP) is 4.77. The molecule has 7 aliphatic rings. The normalized spacial score (nSPS) is 51.4. The Morgan fingerprint density at radius 1 is 0.885 bits per heavy atom. The van der Waals surface area contributed by atoms with Gasteiger partial charge in [-0.2, -0.15) is 0 Å². The zero-order valence-electron chi connectivity index (χ0n) is 30.6. The first-order valence-corrected chi connectivity index (χ1v) is 19.4. The molecule has 282 valence electrons. The second kappa shape index (κ2) is 11.7. The number of aliphatic hydroxyl groups excluding tert-OH is 3. The lowest BCUT2D eigenvalue weighted by Gasteiger charge is -2.67. The molecule has 7 fully saturated rings. The van der Waals surface area contributed by atoms with Gasteiger partial charge in [-0.1, -0.05) is 89.4 Å². The van der Waals surface area contributed by atoms with E-state index < -0.39 is 82.8 Å². The van der Waals surface area contributed by atoms with E-state index in [1.807, 2.05) is 67.6 Å². The minimum absolute atomic E-state index is 0.0624. The van der Waals surface area contributed by atoms with Crippen molar-refractivity contribution in [2.45, 2.75) is 125 Å². The molecule has 2 aromatic rings. The standard InChI is InChI=1S/C42H54O10/c1-24(2)38-21-27(22-47-28-16-10-7-11-17-28)41-32-34(38)50-42(51-38,52-41)30(44)20-14-6-9-15-25(3)31-26(4)33(48-29-18-12-8-13-19-29)40(46,37(31,41)5)36(45)39(23-43)35(32)49-39/h7-8,10-13,16-19,25-27,30-36,43-46H,1,6,9,14-15,20-23H2,2-5H3/t25-,26+,27+,30+,31+,32-,33+,34?,35+,36-,37-,38-,39+,40-,41-,42?/m1/s1. The van der Waals surface area contributed by atoms with Gasteiger partial charge in [-0.05, 0) is 67.4 Å². The Bertz CT molecular complexity index is 1690. The highest BCUT2D eigenvalue weighted by atomic mass is 16.9. The monoisotopic (exact) mass is 718 g/mol. The third kappa shape index (κ3) is 4.18. The Labute approximate surface area is 306 Å². The van der Waals surface area contributed by atoms with E-state index in [9.17, 15) is 20.4 Å². The molecule has 2 unspecified atom stereocenters. The van der Waals surface area contributed by atoms with Crippen LogP contribution in [0.3, 0.4) is 0 Å². The molecule has 3 aliphatic carbocycles. The number of fused-ring (bicyclic) bond motifs is 1. The van der Waals surface area contributed by atoms with Crippen LogP contribution in [0.15, 0.2) is 72.8 Å². The number of aliphatic hydroxyl groups is 4. The van der Waals surface area contributed by atoms with Crippen LogP contribution in [0.4, 0.5) is 0 Å². The fraction of sp³-hybridized carbons (Fsp3) is 0.667. The molecule has 16 atom stereocenters. The average Bonchev–Trinajstić information content (AvgIpc) is 3.80. The largest absolute Gasteiger partial charge is 0.493 e. The van der Waals surface area contributed by atoms with Gasteiger partial charge in [-0.25, -0.2) is 0 Å². The summed E-state index contributed by atoms with van der Waals surface area (Å²) >= 11 is 0. The van der Waals surface area contributed by atoms with E-state index in [1.54, 1.807) is 0 Å². The Hall–Kier alpha value is -2.54. The molecule has 2 spiro atoms. The Balaban J connectivity index is 1.34. The number of benzene rings is 2. The van der Waals surface area contributed by atoms with E-state index in [1.165, 1.54) is 0 Å². The summed E-state index contributed by atoms with van der Waals surface area (Å²) in [4.78, 5) is 0. The summed E-state index contributed by atoms with van der Waals surface area (Å²) in [6.07, 6.45) is -0.948. The maximum Gasteiger partial charge on any atom is 0.312 e. The molecule has 0 aromatic heterocycles. The number of rotatable bonds is 7. The van der Waals surface area contributed by atoms with Crippen LogP contribution in [-0.4, -0.2) is 92.5 Å². The van der Waals surface area contributed by atoms with Crippen LogP contribution in [0.1, 0.15) is 66.2 Å². The minimum Gasteiger partial charge on any atom is -0.493 e. The molecule has 10 nitrogen and oxygen atoms in total. The first-order valence-electron chi connectivity index (χ1n) is 19.4. The van der Waals surface area contributed by atoms with Crippen LogP contribution in [0.5, 0.6) is 11.5 Å². The molecule has 4 aliphatic heterocycles. The lowest BCUT2D eigenvalue weighted by Crippen LogP contribution is -2.79. The second-order valence-electron chi connectivity index (χ2n) is 17.3. The van der Waals surface area contributed by atoms with Crippen molar-refractivity contribution in [3.05, 3.63) is 72.8 Å². The third-order valence-corrected chi connectivity index (χ3v) is 15.0. The number of para-hydroxylation sites is 2. The van der Waals surface area contributed by atoms with E-state index in [-0.39, 0.29) is 24.4 Å². The maximum atomic E-state index is 14.1. The third-order valence-electron chi connectivity index (χ3n) is 15.0. The topological polar surface area (TPSA) is 140 Å². The lowest BCUT2D eigenvalue weighted by molar-refractivity contribution is -0.471. The van der Waals surface area contributed by atoms with Gasteiger partial charge in [0.2, 0.25) is 0 Å². The Kier molecular flexibility index (Phi) is 7.94. The Morgan fingerprint density at radius 2 is 1.56 bits per heavy atom. The smallest absolute Gasteiger partial charge is 0.312 e. The van der Waals surface area contributed by atoms with Gasteiger partial charge >= 0.3 is 5.97 Å². The zero-order chi connectivity index (χ0) is 36.5. The van der Waals surface area contributed by atoms with Gasteiger partial charge in [0, 0.05) is 17.3 Å². The van der Waals surface area contributed by atoms with Crippen LogP contribution in [-0.2, 0) is 18.9 Å². The molecule has 4 saturated heterocycles. The van der Waals surface area contributed by atoms with Gasteiger partial charge in [-0.3, -0.25) is 0 Å². The number of epoxide rings is 1. The first kappa shape index (κ1) is 35.2. The molecular formula is C42H54O10. The lowest BCUT2D eigenvalue weighted by atomic mass is 9.45. The SMILES string of the molecule is C=C(C)[C@]12C[C@@H](COc3ccccc3)[C@@]34OC5(OC1[C@@H]3[C@@H]1O[C@]1(CO)[C@@H](O)[C@]1(O)[C@@H](Oc3ccccc3)[C@@H](C)[C@H]([C@H](C)CCCCC[C@@H]5O)[C@]14C)O2. The highest BCUT2D eigenvalue weighted by Gasteiger charge is 2.94. The number of hydrogen-bond donors (Lipinski definition) is 4. The van der Waals surface area contributed by atoms with E-state index in [0.717, 1.165) is 31.3 Å². The molecule has 4 heterocycles. The molecule has 3 bridgehead atoms. The van der Waals surface area contributed by atoms with Crippen LogP contribution < -0.4 is 9.47 Å². The molecule has 0 radical (unpaired) electrons. The van der Waals surface area contributed by atoms with Gasteiger partial charge in [0.1, 0.15) is 58.8 Å². The molecule has 2 aromatic carbocycles. The van der Waals surface area contributed by atoms with Crippen molar-refractivity contribution in [3.8, 4) is 11.5 Å². The maximum absolute atomic E-state index is 14.1. The van der Waals surface area contributed by atoms with E-state index >= 15 is 0 Å². The van der Waals surface area contributed by atoms with E-state index in [0.29, 0.717) is 24.3 Å². The fourth-order valence-electron chi connectivity index (χ4n) is 12.8. The molecule has 0 amide bonds. The summed E-state index contributed by atoms with van der Waals surface area (Å²) in [7, 11) is 0. The summed E-state index contributed by atoms with van der Waals surface area (Å²) in [6.45, 7) is 12.4. The van der Waals surface area contributed by atoms with Crippen molar-refractivity contribution in [3.63, 3.8) is 0 Å². The summed E-state index contributed by atoms with van der Waals surface area (Å²) in [6, 6.07) is 19.0. The Morgan fingerprint density at radius 3 is 2.23 bits per heavy atom. The molecule has 3 saturated carbocycles. The van der Waals surface area contributed by atoms with Crippen molar-refractivity contribution >= 4 is 0 Å². The summed E-state index contributed by atoms with van der Waals surface area (Å²) in [5, 5.41) is 50.5. The van der Waals surface area contributed by atoms with Gasteiger partial charge in [-0.15, -0.1) is 0 Å². The van der Waals surface area contributed by atoms with Gasteiger partial charge < -0.3 is 48.8 Å². The van der Waals surface area contributed by atoms with E-state index in [4.69, 9.17) is 28.4 Å². The van der Waals surface area contributed by atoms with Gasteiger partial charge in [0.05, 0.1) is 18.8 Å². The fourth-order valence-corrected chi connectivity index (χ4v) is 12.8. The summed E-state index contributed by atoms with van der Waals surface area (Å²) in [5.41, 5.74) is -6.63. The highest BCUT2D eigenvalue weighted by Crippen LogP contribution is 2.79. The van der Waals surface area contributed by atoms with Crippen molar-refractivity contribution in [2.75, 3.05) is 13.2 Å². The molecule has 52 heavy (non-hydrogen) atoms. The van der Waals surface area contributed by atoms with E-state index in [2.05, 4.69) is 27.4 Å². The predicted molar refractivity (Wildman–Crippen MR) is 189 cm³/mol. The average molecular weight is 719 g/mol. The highest BCUT2D eigenvalue weighted by molar-refractivity contribution is 5.42. The molecule has 9 rings (SSSR count). The summed E-state index contributed by atoms with van der Waals surface area (Å²) in [5.74, 6) is -2.27. The number of ether oxygens (including phenoxy) is 6. The van der Waals surface area contributed by atoms with Crippen LogP contribution in [0, 0.1) is 35.0 Å². The van der Waals surface area contributed by atoms with Crippen molar-refractivity contribution in [2.24, 2.45) is 35.0 Å². The van der Waals surface area contributed by atoms with Crippen LogP contribution in [0.2, 0.25) is 0 Å². The van der Waals surface area contributed by atoms with Gasteiger partial charge in [0.25, 0.3) is 0 Å². The van der Waals surface area contributed by atoms with Crippen molar-refractivity contribution < 1.29 is 48.8 Å².